The Morgan fingerprint density at radius 1 is 1.04 bits per heavy atom. The van der Waals surface area contributed by atoms with Gasteiger partial charge in [-0.25, -0.2) is 4.79 Å². The van der Waals surface area contributed by atoms with Gasteiger partial charge in [0, 0.05) is 6.54 Å². The highest BCUT2D eigenvalue weighted by molar-refractivity contribution is 6.43. The zero-order valence-electron chi connectivity index (χ0n) is 13.8. The molecular formula is C18H15Cl2N3O3. The first-order valence-electron chi connectivity index (χ1n) is 7.90. The van der Waals surface area contributed by atoms with Crippen LogP contribution < -0.4 is 16.6 Å². The van der Waals surface area contributed by atoms with Crippen LogP contribution in [0, 0.1) is 0 Å². The maximum Gasteiger partial charge on any atom is 0.331 e. The van der Waals surface area contributed by atoms with Crippen molar-refractivity contribution in [1.29, 1.82) is 0 Å². The van der Waals surface area contributed by atoms with E-state index in [-0.39, 0.29) is 23.7 Å². The van der Waals surface area contributed by atoms with Crippen LogP contribution in [-0.4, -0.2) is 15.0 Å². The number of halogens is 2. The number of aromatic nitrogens is 2. The average molecular weight is 392 g/mol. The minimum atomic E-state index is -0.538. The van der Waals surface area contributed by atoms with Crippen molar-refractivity contribution < 1.29 is 4.79 Å². The van der Waals surface area contributed by atoms with Crippen molar-refractivity contribution in [3.63, 3.8) is 0 Å². The van der Waals surface area contributed by atoms with Crippen LogP contribution in [0.5, 0.6) is 0 Å². The van der Waals surface area contributed by atoms with Crippen LogP contribution in [0.15, 0.2) is 52.1 Å². The fourth-order valence-electron chi connectivity index (χ4n) is 2.74. The highest BCUT2D eigenvalue weighted by atomic mass is 35.5. The average Bonchev–Trinajstić information content (AvgIpc) is 2.63. The third-order valence-electron chi connectivity index (χ3n) is 3.98. The van der Waals surface area contributed by atoms with E-state index < -0.39 is 11.6 Å². The molecule has 134 valence electrons. The van der Waals surface area contributed by atoms with E-state index in [4.69, 9.17) is 23.2 Å². The number of rotatable bonds is 4. The summed E-state index contributed by atoms with van der Waals surface area (Å²) >= 11 is 12.0. The number of carbonyl (C=O) groups excluding carboxylic acids is 1. The van der Waals surface area contributed by atoms with Crippen molar-refractivity contribution in [2.24, 2.45) is 0 Å². The van der Waals surface area contributed by atoms with Crippen LogP contribution in [0.25, 0.3) is 10.9 Å². The van der Waals surface area contributed by atoms with Crippen molar-refractivity contribution in [3.05, 3.63) is 73.3 Å². The number of benzene rings is 2. The van der Waals surface area contributed by atoms with E-state index in [1.54, 1.807) is 49.4 Å². The number of hydrogen-bond acceptors (Lipinski definition) is 3. The molecular weight excluding hydrogens is 377 g/mol. The Hall–Kier alpha value is -2.57. The molecule has 26 heavy (non-hydrogen) atoms. The maximum absolute atomic E-state index is 12.6. The quantitative estimate of drug-likeness (QED) is 0.742. The molecule has 8 heteroatoms. The van der Waals surface area contributed by atoms with Crippen molar-refractivity contribution >= 4 is 45.7 Å². The molecule has 1 heterocycles. The molecule has 0 aliphatic heterocycles. The van der Waals surface area contributed by atoms with Gasteiger partial charge in [-0.2, -0.15) is 0 Å². The molecule has 3 rings (SSSR count). The van der Waals surface area contributed by atoms with Gasteiger partial charge in [0.1, 0.15) is 6.54 Å². The van der Waals surface area contributed by atoms with Gasteiger partial charge in [0.25, 0.3) is 5.56 Å². The Labute approximate surface area is 158 Å². The van der Waals surface area contributed by atoms with Gasteiger partial charge in [0.2, 0.25) is 5.91 Å². The summed E-state index contributed by atoms with van der Waals surface area (Å²) in [6.45, 7) is 1.65. The molecule has 0 aliphatic carbocycles. The van der Waals surface area contributed by atoms with Gasteiger partial charge in [0.15, 0.2) is 0 Å². The molecule has 6 nitrogen and oxygen atoms in total. The molecule has 0 unspecified atom stereocenters. The Morgan fingerprint density at radius 2 is 1.77 bits per heavy atom. The summed E-state index contributed by atoms with van der Waals surface area (Å²) in [5.41, 5.74) is -0.156. The number of para-hydroxylation sites is 1. The largest absolute Gasteiger partial charge is 0.331 e. The summed E-state index contributed by atoms with van der Waals surface area (Å²) in [4.78, 5) is 37.5. The Kier molecular flexibility index (Phi) is 5.15. The normalized spacial score (nSPS) is 10.9. The summed E-state index contributed by atoms with van der Waals surface area (Å²) in [5, 5.41) is 3.55. The van der Waals surface area contributed by atoms with Gasteiger partial charge < -0.3 is 5.32 Å². The Bertz CT molecular complexity index is 1120. The summed E-state index contributed by atoms with van der Waals surface area (Å²) in [6, 6.07) is 11.6. The Morgan fingerprint density at radius 3 is 2.50 bits per heavy atom. The second kappa shape index (κ2) is 7.35. The second-order valence-corrected chi connectivity index (χ2v) is 6.37. The number of fused-ring (bicyclic) bond motifs is 1. The van der Waals surface area contributed by atoms with E-state index in [9.17, 15) is 14.4 Å². The molecule has 0 saturated carbocycles. The smallest absolute Gasteiger partial charge is 0.323 e. The highest BCUT2D eigenvalue weighted by Gasteiger charge is 2.15. The number of amides is 1. The van der Waals surface area contributed by atoms with Crippen molar-refractivity contribution in [3.8, 4) is 0 Å². The fourth-order valence-corrected chi connectivity index (χ4v) is 3.08. The molecule has 0 saturated heterocycles. The first kappa shape index (κ1) is 18.2. The molecule has 2 aromatic carbocycles. The van der Waals surface area contributed by atoms with Crippen LogP contribution in [-0.2, 0) is 17.9 Å². The number of nitrogens with one attached hydrogen (secondary N) is 1. The standard InChI is InChI=1S/C18H15Cl2N3O3/c1-2-22-17(25)11-6-3-4-9-14(11)23(18(22)26)10-15(24)21-13-8-5-7-12(19)16(13)20/h3-9H,2,10H2,1H3,(H,21,24). The van der Waals surface area contributed by atoms with Gasteiger partial charge >= 0.3 is 5.69 Å². The fraction of sp³-hybridized carbons (Fsp3) is 0.167. The third kappa shape index (κ3) is 3.25. The van der Waals surface area contributed by atoms with E-state index in [0.717, 1.165) is 4.57 Å². The molecule has 0 radical (unpaired) electrons. The van der Waals surface area contributed by atoms with Gasteiger partial charge in [-0.1, -0.05) is 41.4 Å². The zero-order chi connectivity index (χ0) is 18.8. The van der Waals surface area contributed by atoms with Crippen LogP contribution in [0.4, 0.5) is 5.69 Å². The highest BCUT2D eigenvalue weighted by Crippen LogP contribution is 2.29. The number of hydrogen-bond donors (Lipinski definition) is 1. The first-order chi connectivity index (χ1) is 12.4. The lowest BCUT2D eigenvalue weighted by Crippen LogP contribution is -2.41. The summed E-state index contributed by atoms with van der Waals surface area (Å²) in [7, 11) is 0. The lowest BCUT2D eigenvalue weighted by atomic mass is 10.2. The predicted molar refractivity (Wildman–Crippen MR) is 103 cm³/mol. The van der Waals surface area contributed by atoms with E-state index in [0.29, 0.717) is 21.6 Å². The van der Waals surface area contributed by atoms with Crippen LogP contribution >= 0.6 is 23.2 Å². The Balaban J connectivity index is 2.03. The number of carbonyl (C=O) groups is 1. The lowest BCUT2D eigenvalue weighted by Gasteiger charge is -2.14. The molecule has 0 atom stereocenters. The molecule has 0 spiro atoms. The minimum Gasteiger partial charge on any atom is -0.323 e. The monoisotopic (exact) mass is 391 g/mol. The van der Waals surface area contributed by atoms with Crippen molar-refractivity contribution in [2.45, 2.75) is 20.0 Å². The molecule has 0 fully saturated rings. The topological polar surface area (TPSA) is 73.1 Å². The van der Waals surface area contributed by atoms with E-state index >= 15 is 0 Å². The van der Waals surface area contributed by atoms with Crippen LogP contribution in [0.2, 0.25) is 10.0 Å². The first-order valence-corrected chi connectivity index (χ1v) is 8.66. The van der Waals surface area contributed by atoms with Crippen LogP contribution in [0.1, 0.15) is 6.92 Å². The van der Waals surface area contributed by atoms with Gasteiger partial charge in [0.05, 0.1) is 26.6 Å². The van der Waals surface area contributed by atoms with Crippen LogP contribution in [0.3, 0.4) is 0 Å². The molecule has 1 aromatic heterocycles. The second-order valence-electron chi connectivity index (χ2n) is 5.58. The number of nitrogens with zero attached hydrogens (tertiary/aromatic N) is 2. The lowest BCUT2D eigenvalue weighted by molar-refractivity contribution is -0.116. The maximum atomic E-state index is 12.6. The summed E-state index contributed by atoms with van der Waals surface area (Å²) in [5.74, 6) is -0.456. The van der Waals surface area contributed by atoms with Gasteiger partial charge in [-0.15, -0.1) is 0 Å². The molecule has 0 bridgehead atoms. The summed E-state index contributed by atoms with van der Waals surface area (Å²) in [6.07, 6.45) is 0. The zero-order valence-corrected chi connectivity index (χ0v) is 15.3. The minimum absolute atomic E-state index is 0.213. The van der Waals surface area contributed by atoms with Crippen molar-refractivity contribution in [1.82, 2.24) is 9.13 Å². The molecule has 1 amide bonds. The van der Waals surface area contributed by atoms with E-state index in [1.807, 2.05) is 0 Å². The molecule has 3 aromatic rings. The van der Waals surface area contributed by atoms with E-state index in [2.05, 4.69) is 5.32 Å². The molecule has 0 aliphatic rings. The van der Waals surface area contributed by atoms with Gasteiger partial charge in [-0.3, -0.25) is 18.7 Å². The molecule has 1 N–H and O–H groups in total. The number of anilines is 1. The summed E-state index contributed by atoms with van der Waals surface area (Å²) < 4.78 is 2.37. The van der Waals surface area contributed by atoms with E-state index in [1.165, 1.54) is 4.57 Å². The van der Waals surface area contributed by atoms with Crippen molar-refractivity contribution in [2.75, 3.05) is 5.32 Å². The third-order valence-corrected chi connectivity index (χ3v) is 4.79. The SMILES string of the molecule is CCn1c(=O)c2ccccc2n(CC(=O)Nc2cccc(Cl)c2Cl)c1=O. The predicted octanol–water partition coefficient (Wildman–Crippen LogP) is 3.13. The van der Waals surface area contributed by atoms with Gasteiger partial charge in [-0.05, 0) is 31.2 Å².